The number of amides is 1. The van der Waals surface area contributed by atoms with Gasteiger partial charge in [0.1, 0.15) is 0 Å². The summed E-state index contributed by atoms with van der Waals surface area (Å²) in [6.45, 7) is 5.16. The SMILES string of the molecule is CC(C)(C)C(Cl)CNC(=O)C(F)(F)F. The number of carbonyl (C=O) groups excluding carboxylic acids is 1. The van der Waals surface area contributed by atoms with Crippen molar-refractivity contribution >= 4 is 17.5 Å². The van der Waals surface area contributed by atoms with E-state index in [4.69, 9.17) is 11.6 Å². The van der Waals surface area contributed by atoms with Crippen LogP contribution in [0.4, 0.5) is 13.2 Å². The van der Waals surface area contributed by atoms with Crippen molar-refractivity contribution < 1.29 is 18.0 Å². The molecular weight excluding hydrogens is 219 g/mol. The molecule has 1 amide bonds. The van der Waals surface area contributed by atoms with Crippen molar-refractivity contribution in [1.82, 2.24) is 5.32 Å². The van der Waals surface area contributed by atoms with Gasteiger partial charge in [0, 0.05) is 6.54 Å². The molecule has 0 saturated carbocycles. The zero-order valence-corrected chi connectivity index (χ0v) is 8.96. The average molecular weight is 232 g/mol. The first-order chi connectivity index (χ1) is 6.05. The van der Waals surface area contributed by atoms with Gasteiger partial charge in [-0.25, -0.2) is 0 Å². The first kappa shape index (κ1) is 13.5. The van der Waals surface area contributed by atoms with Gasteiger partial charge in [-0.2, -0.15) is 13.2 Å². The van der Waals surface area contributed by atoms with Crippen LogP contribution in [0.2, 0.25) is 0 Å². The van der Waals surface area contributed by atoms with Crippen LogP contribution >= 0.6 is 11.6 Å². The third-order valence-corrected chi connectivity index (χ3v) is 2.45. The van der Waals surface area contributed by atoms with E-state index in [1.807, 2.05) is 0 Å². The van der Waals surface area contributed by atoms with E-state index in [1.165, 1.54) is 0 Å². The summed E-state index contributed by atoms with van der Waals surface area (Å²) >= 11 is 5.77. The van der Waals surface area contributed by atoms with Gasteiger partial charge >= 0.3 is 12.1 Å². The van der Waals surface area contributed by atoms with E-state index in [0.717, 1.165) is 0 Å². The summed E-state index contributed by atoms with van der Waals surface area (Å²) in [5.74, 6) is -1.95. The van der Waals surface area contributed by atoms with E-state index in [9.17, 15) is 18.0 Å². The highest BCUT2D eigenvalue weighted by Gasteiger charge is 2.39. The van der Waals surface area contributed by atoms with Crippen LogP contribution in [0.3, 0.4) is 0 Å². The Kier molecular flexibility index (Phi) is 4.24. The van der Waals surface area contributed by atoms with Crippen LogP contribution in [0.15, 0.2) is 0 Å². The van der Waals surface area contributed by atoms with Crippen molar-refractivity contribution in [3.63, 3.8) is 0 Å². The number of hydrogen-bond donors (Lipinski definition) is 1. The lowest BCUT2D eigenvalue weighted by Crippen LogP contribution is -2.42. The third-order valence-electron chi connectivity index (χ3n) is 1.64. The van der Waals surface area contributed by atoms with E-state index in [-0.39, 0.29) is 12.0 Å². The topological polar surface area (TPSA) is 29.1 Å². The molecular formula is C8H13ClF3NO. The second kappa shape index (κ2) is 4.38. The number of alkyl halides is 4. The molecule has 1 unspecified atom stereocenters. The Balaban J connectivity index is 4.03. The quantitative estimate of drug-likeness (QED) is 0.726. The maximum atomic E-state index is 11.7. The van der Waals surface area contributed by atoms with E-state index >= 15 is 0 Å². The van der Waals surface area contributed by atoms with Gasteiger partial charge in [0.15, 0.2) is 0 Å². The van der Waals surface area contributed by atoms with Crippen LogP contribution in [0.1, 0.15) is 20.8 Å². The van der Waals surface area contributed by atoms with Crippen molar-refractivity contribution in [3.05, 3.63) is 0 Å². The van der Waals surface area contributed by atoms with Crippen molar-refractivity contribution in [3.8, 4) is 0 Å². The molecule has 0 fully saturated rings. The Morgan fingerprint density at radius 3 is 2.07 bits per heavy atom. The standard InChI is InChI=1S/C8H13ClF3NO/c1-7(2,3)5(9)4-13-6(14)8(10,11)12/h5H,4H2,1-3H3,(H,13,14). The normalized spacial score (nSPS) is 15.1. The van der Waals surface area contributed by atoms with Crippen molar-refractivity contribution in [2.24, 2.45) is 5.41 Å². The van der Waals surface area contributed by atoms with Crippen molar-refractivity contribution in [2.75, 3.05) is 6.54 Å². The minimum atomic E-state index is -4.84. The fraction of sp³-hybridized carbons (Fsp3) is 0.875. The molecule has 0 bridgehead atoms. The second-order valence-electron chi connectivity index (χ2n) is 4.04. The molecule has 0 aromatic rings. The highest BCUT2D eigenvalue weighted by Crippen LogP contribution is 2.24. The molecule has 0 radical (unpaired) electrons. The Morgan fingerprint density at radius 1 is 1.36 bits per heavy atom. The second-order valence-corrected chi connectivity index (χ2v) is 4.57. The maximum Gasteiger partial charge on any atom is 0.471 e. The van der Waals surface area contributed by atoms with Crippen LogP contribution in [-0.2, 0) is 4.79 Å². The third kappa shape index (κ3) is 4.69. The van der Waals surface area contributed by atoms with Crippen molar-refractivity contribution in [1.29, 1.82) is 0 Å². The molecule has 0 saturated heterocycles. The first-order valence-electron chi connectivity index (χ1n) is 4.04. The van der Waals surface area contributed by atoms with Crippen LogP contribution in [0.25, 0.3) is 0 Å². The predicted molar refractivity (Wildman–Crippen MR) is 48.2 cm³/mol. The van der Waals surface area contributed by atoms with E-state index < -0.39 is 17.5 Å². The summed E-state index contributed by atoms with van der Waals surface area (Å²) in [5, 5.41) is 1.20. The number of carbonyl (C=O) groups is 1. The van der Waals surface area contributed by atoms with E-state index in [0.29, 0.717) is 0 Å². The summed E-state index contributed by atoms with van der Waals surface area (Å²) in [6, 6.07) is 0. The molecule has 84 valence electrons. The zero-order chi connectivity index (χ0) is 11.6. The number of rotatable bonds is 2. The summed E-state index contributed by atoms with van der Waals surface area (Å²) in [5.41, 5.74) is -0.347. The number of hydrogen-bond acceptors (Lipinski definition) is 1. The minimum absolute atomic E-state index is 0.191. The lowest BCUT2D eigenvalue weighted by Gasteiger charge is -2.25. The molecule has 0 heterocycles. The van der Waals surface area contributed by atoms with Gasteiger partial charge in [-0.15, -0.1) is 11.6 Å². The highest BCUT2D eigenvalue weighted by atomic mass is 35.5. The monoisotopic (exact) mass is 231 g/mol. The maximum absolute atomic E-state index is 11.7. The fourth-order valence-electron chi connectivity index (χ4n) is 0.589. The zero-order valence-electron chi connectivity index (χ0n) is 8.20. The molecule has 6 heteroatoms. The van der Waals surface area contributed by atoms with E-state index in [2.05, 4.69) is 0 Å². The number of nitrogens with one attached hydrogen (secondary N) is 1. The van der Waals surface area contributed by atoms with Crippen LogP contribution in [0, 0.1) is 5.41 Å². The lowest BCUT2D eigenvalue weighted by molar-refractivity contribution is -0.173. The highest BCUT2D eigenvalue weighted by molar-refractivity contribution is 6.21. The number of halogens is 4. The van der Waals surface area contributed by atoms with Gasteiger partial charge in [0.25, 0.3) is 0 Å². The van der Waals surface area contributed by atoms with Crippen molar-refractivity contribution in [2.45, 2.75) is 32.3 Å². The minimum Gasteiger partial charge on any atom is -0.347 e. The van der Waals surface area contributed by atoms with Gasteiger partial charge in [0.05, 0.1) is 5.38 Å². The summed E-state index contributed by atoms with van der Waals surface area (Å²) in [7, 11) is 0. The molecule has 0 spiro atoms. The Labute approximate surface area is 85.8 Å². The molecule has 0 aliphatic carbocycles. The van der Waals surface area contributed by atoms with E-state index in [1.54, 1.807) is 26.1 Å². The molecule has 0 rings (SSSR count). The van der Waals surface area contributed by atoms with Crippen LogP contribution in [-0.4, -0.2) is 24.0 Å². The Morgan fingerprint density at radius 2 is 1.79 bits per heavy atom. The molecule has 0 aliphatic heterocycles. The molecule has 1 N–H and O–H groups in total. The molecule has 0 aromatic heterocycles. The molecule has 0 aromatic carbocycles. The summed E-state index contributed by atoms with van der Waals surface area (Å²) < 4.78 is 35.2. The first-order valence-corrected chi connectivity index (χ1v) is 4.48. The summed E-state index contributed by atoms with van der Waals surface area (Å²) in [4.78, 5) is 10.4. The summed E-state index contributed by atoms with van der Waals surface area (Å²) in [6.07, 6.45) is -4.84. The molecule has 2 nitrogen and oxygen atoms in total. The van der Waals surface area contributed by atoms with Gasteiger partial charge in [-0.3, -0.25) is 4.79 Å². The predicted octanol–water partition coefficient (Wildman–Crippen LogP) is 2.32. The average Bonchev–Trinajstić information content (AvgIpc) is 1.95. The Hall–Kier alpha value is -0.450. The lowest BCUT2D eigenvalue weighted by atomic mass is 9.92. The Bertz CT molecular complexity index is 210. The van der Waals surface area contributed by atoms with Crippen LogP contribution < -0.4 is 5.32 Å². The molecule has 1 atom stereocenters. The van der Waals surface area contributed by atoms with Gasteiger partial charge in [-0.05, 0) is 5.41 Å². The van der Waals surface area contributed by atoms with Crippen LogP contribution in [0.5, 0.6) is 0 Å². The molecule has 14 heavy (non-hydrogen) atoms. The molecule has 0 aliphatic rings. The smallest absolute Gasteiger partial charge is 0.347 e. The van der Waals surface area contributed by atoms with Gasteiger partial charge in [0.2, 0.25) is 0 Å². The fourth-order valence-corrected chi connectivity index (χ4v) is 0.666. The van der Waals surface area contributed by atoms with Gasteiger partial charge in [-0.1, -0.05) is 20.8 Å². The largest absolute Gasteiger partial charge is 0.471 e. The van der Waals surface area contributed by atoms with Gasteiger partial charge < -0.3 is 5.32 Å².